The van der Waals surface area contributed by atoms with Crippen LogP contribution in [0.4, 0.5) is 0 Å². The van der Waals surface area contributed by atoms with Crippen LogP contribution in [0.5, 0.6) is 0 Å². The van der Waals surface area contributed by atoms with E-state index in [1.54, 1.807) is 0 Å². The van der Waals surface area contributed by atoms with Crippen LogP contribution in [0.3, 0.4) is 0 Å². The molecule has 0 spiro atoms. The third kappa shape index (κ3) is 3.38. The van der Waals surface area contributed by atoms with Gasteiger partial charge >= 0.3 is 5.97 Å². The summed E-state index contributed by atoms with van der Waals surface area (Å²) in [5.41, 5.74) is 1.15. The fourth-order valence-electron chi connectivity index (χ4n) is 3.48. The van der Waals surface area contributed by atoms with Crippen LogP contribution in [0, 0.1) is 0 Å². The Morgan fingerprint density at radius 2 is 1.76 bits per heavy atom. The van der Waals surface area contributed by atoms with E-state index in [0.29, 0.717) is 13.2 Å². The average molecular weight is 306 g/mol. The topological polar surface area (TPSA) is 35.5 Å². The molecule has 1 aromatic rings. The molecular formula is C17H26O3Si. The van der Waals surface area contributed by atoms with Crippen molar-refractivity contribution < 1.29 is 14.3 Å². The first-order valence-corrected chi connectivity index (χ1v) is 10.7. The van der Waals surface area contributed by atoms with E-state index in [4.69, 9.17) is 9.47 Å². The first-order chi connectivity index (χ1) is 10.2. The second-order valence-corrected chi connectivity index (χ2v) is 11.3. The number of benzene rings is 1. The van der Waals surface area contributed by atoms with Gasteiger partial charge in [0.15, 0.2) is 0 Å². The van der Waals surface area contributed by atoms with Gasteiger partial charge in [-0.3, -0.25) is 4.79 Å². The summed E-state index contributed by atoms with van der Waals surface area (Å²) < 4.78 is 11.4. The molecule has 3 nitrogen and oxygen atoms in total. The third-order valence-corrected chi connectivity index (χ3v) is 11.2. The number of carbonyl (C=O) groups is 1. The molecule has 1 aromatic carbocycles. The number of hydrogen-bond donors (Lipinski definition) is 0. The Balaban J connectivity index is 2.09. The highest BCUT2D eigenvalue weighted by Gasteiger charge is 2.50. The zero-order chi connectivity index (χ0) is 15.3. The van der Waals surface area contributed by atoms with Crippen molar-refractivity contribution in [3.8, 4) is 0 Å². The highest BCUT2D eigenvalue weighted by Crippen LogP contribution is 2.41. The van der Waals surface area contributed by atoms with Crippen LogP contribution < -0.4 is 0 Å². The van der Waals surface area contributed by atoms with Gasteiger partial charge in [0.05, 0.1) is 20.2 Å². The minimum absolute atomic E-state index is 0.00112. The Morgan fingerprint density at radius 3 is 2.33 bits per heavy atom. The van der Waals surface area contributed by atoms with E-state index < -0.39 is 8.07 Å². The second kappa shape index (κ2) is 7.23. The summed E-state index contributed by atoms with van der Waals surface area (Å²) in [5, 5.41) is 0. The smallest absolute Gasteiger partial charge is 0.309 e. The monoisotopic (exact) mass is 306 g/mol. The molecule has 0 radical (unpaired) electrons. The van der Waals surface area contributed by atoms with Crippen LogP contribution in [-0.2, 0) is 20.9 Å². The SMILES string of the molecule is CC[Si](CC)(CC)[C@H]1C(=O)OC[C@H]1OCc1ccccc1. The number of esters is 1. The molecule has 0 aromatic heterocycles. The molecule has 2 rings (SSSR count). The molecule has 0 unspecified atom stereocenters. The molecule has 1 heterocycles. The van der Waals surface area contributed by atoms with E-state index in [9.17, 15) is 4.79 Å². The van der Waals surface area contributed by atoms with Gasteiger partial charge in [0.1, 0.15) is 12.7 Å². The Morgan fingerprint density at radius 1 is 1.14 bits per heavy atom. The predicted octanol–water partition coefficient (Wildman–Crippen LogP) is 4.01. The highest BCUT2D eigenvalue weighted by atomic mass is 28.3. The minimum atomic E-state index is -1.65. The number of cyclic esters (lactones) is 1. The molecule has 0 N–H and O–H groups in total. The maximum Gasteiger partial charge on any atom is 0.309 e. The van der Waals surface area contributed by atoms with Crippen LogP contribution in [0.2, 0.25) is 23.7 Å². The molecule has 116 valence electrons. The van der Waals surface area contributed by atoms with E-state index in [2.05, 4.69) is 32.9 Å². The van der Waals surface area contributed by atoms with Gasteiger partial charge in [-0.05, 0) is 5.56 Å². The molecule has 0 amide bonds. The van der Waals surface area contributed by atoms with Crippen molar-refractivity contribution in [1.29, 1.82) is 0 Å². The van der Waals surface area contributed by atoms with Crippen LogP contribution in [0.1, 0.15) is 26.3 Å². The number of rotatable bonds is 7. The second-order valence-electron chi connectivity index (χ2n) is 5.87. The van der Waals surface area contributed by atoms with Gasteiger partial charge in [-0.1, -0.05) is 69.2 Å². The molecule has 1 aliphatic heterocycles. The van der Waals surface area contributed by atoms with Gasteiger partial charge in [0.2, 0.25) is 0 Å². The van der Waals surface area contributed by atoms with E-state index >= 15 is 0 Å². The lowest BCUT2D eigenvalue weighted by Gasteiger charge is -2.35. The van der Waals surface area contributed by atoms with Crippen molar-refractivity contribution in [2.45, 2.75) is 57.2 Å². The zero-order valence-electron chi connectivity index (χ0n) is 13.3. The van der Waals surface area contributed by atoms with E-state index in [-0.39, 0.29) is 17.6 Å². The fourth-order valence-corrected chi connectivity index (χ4v) is 7.86. The molecule has 0 bridgehead atoms. The van der Waals surface area contributed by atoms with Crippen LogP contribution in [-0.4, -0.2) is 26.8 Å². The highest BCUT2D eigenvalue weighted by molar-refractivity contribution is 6.84. The Bertz CT molecular complexity index is 448. The summed E-state index contributed by atoms with van der Waals surface area (Å²) in [7, 11) is -1.65. The van der Waals surface area contributed by atoms with Gasteiger partial charge in [-0.2, -0.15) is 0 Å². The lowest BCUT2D eigenvalue weighted by Crippen LogP contribution is -2.45. The van der Waals surface area contributed by atoms with Gasteiger partial charge in [0.25, 0.3) is 0 Å². The largest absolute Gasteiger partial charge is 0.463 e. The molecule has 4 heteroatoms. The fraction of sp³-hybridized carbons (Fsp3) is 0.588. The van der Waals surface area contributed by atoms with E-state index in [1.165, 1.54) is 0 Å². The summed E-state index contributed by atoms with van der Waals surface area (Å²) in [6.45, 7) is 7.64. The van der Waals surface area contributed by atoms with Crippen LogP contribution in [0.15, 0.2) is 30.3 Å². The van der Waals surface area contributed by atoms with Crippen molar-refractivity contribution in [3.63, 3.8) is 0 Å². The molecule has 1 saturated heterocycles. The van der Waals surface area contributed by atoms with Crippen molar-refractivity contribution in [3.05, 3.63) is 35.9 Å². The molecule has 21 heavy (non-hydrogen) atoms. The molecule has 1 aliphatic rings. The summed E-state index contributed by atoms with van der Waals surface area (Å²) in [6.07, 6.45) is -0.0655. The normalized spacial score (nSPS) is 22.3. The maximum absolute atomic E-state index is 12.3. The summed E-state index contributed by atoms with van der Waals surface area (Å²) in [6, 6.07) is 13.5. The molecule has 2 atom stereocenters. The number of carbonyl (C=O) groups excluding carboxylic acids is 1. The summed E-state index contributed by atoms with van der Waals surface area (Å²) in [5.74, 6) is -0.0229. The number of hydrogen-bond acceptors (Lipinski definition) is 3. The van der Waals surface area contributed by atoms with Crippen molar-refractivity contribution in [2.75, 3.05) is 6.61 Å². The molecule has 0 aliphatic carbocycles. The van der Waals surface area contributed by atoms with Crippen LogP contribution in [0.25, 0.3) is 0 Å². The van der Waals surface area contributed by atoms with Gasteiger partial charge in [0, 0.05) is 0 Å². The summed E-state index contributed by atoms with van der Waals surface area (Å²) >= 11 is 0. The van der Waals surface area contributed by atoms with E-state index in [0.717, 1.165) is 23.7 Å². The number of ether oxygens (including phenoxy) is 2. The Kier molecular flexibility index (Phi) is 5.59. The Hall–Kier alpha value is -1.13. The van der Waals surface area contributed by atoms with Gasteiger partial charge < -0.3 is 9.47 Å². The molecule has 0 saturated carbocycles. The first-order valence-electron chi connectivity index (χ1n) is 7.99. The quantitative estimate of drug-likeness (QED) is 0.564. The first kappa shape index (κ1) is 16.2. The average Bonchev–Trinajstić information content (AvgIpc) is 2.91. The zero-order valence-corrected chi connectivity index (χ0v) is 14.3. The van der Waals surface area contributed by atoms with Crippen LogP contribution >= 0.6 is 0 Å². The lowest BCUT2D eigenvalue weighted by atomic mass is 10.2. The van der Waals surface area contributed by atoms with Crippen molar-refractivity contribution in [1.82, 2.24) is 0 Å². The lowest BCUT2D eigenvalue weighted by molar-refractivity contribution is -0.138. The third-order valence-electron chi connectivity index (χ3n) is 5.09. The predicted molar refractivity (Wildman–Crippen MR) is 86.9 cm³/mol. The standard InChI is InChI=1S/C17H26O3Si/c1-4-21(5-2,6-3)16-15(13-20-17(16)18)19-12-14-10-8-7-9-11-14/h7-11,15-16H,4-6,12-13H2,1-3H3/t15-,16-/m1/s1. The minimum Gasteiger partial charge on any atom is -0.463 e. The molecular weight excluding hydrogens is 280 g/mol. The Labute approximate surface area is 128 Å². The van der Waals surface area contributed by atoms with Crippen molar-refractivity contribution >= 4 is 14.0 Å². The molecule has 1 fully saturated rings. The van der Waals surface area contributed by atoms with Gasteiger partial charge in [-0.25, -0.2) is 0 Å². The summed E-state index contributed by atoms with van der Waals surface area (Å²) in [4.78, 5) is 12.3. The van der Waals surface area contributed by atoms with E-state index in [1.807, 2.05) is 18.2 Å². The van der Waals surface area contributed by atoms with Crippen molar-refractivity contribution in [2.24, 2.45) is 0 Å². The van der Waals surface area contributed by atoms with Gasteiger partial charge in [-0.15, -0.1) is 0 Å². The maximum atomic E-state index is 12.3.